The lowest BCUT2D eigenvalue weighted by molar-refractivity contribution is -0.139. The monoisotopic (exact) mass is 338 g/mol. The van der Waals surface area contributed by atoms with E-state index in [1.54, 1.807) is 24.3 Å². The molecule has 1 aliphatic rings. The van der Waals surface area contributed by atoms with Crippen molar-refractivity contribution in [2.24, 2.45) is 0 Å². The zero-order valence-electron chi connectivity index (χ0n) is 13.3. The van der Waals surface area contributed by atoms with Crippen LogP contribution < -0.4 is 5.32 Å². The van der Waals surface area contributed by atoms with E-state index in [4.69, 9.17) is 0 Å². The molecule has 0 saturated heterocycles. The van der Waals surface area contributed by atoms with Crippen LogP contribution in [0.15, 0.2) is 48.5 Å². The number of rotatable bonds is 3. The molecular formula is C19H18N2O4. The first-order valence-electron chi connectivity index (χ1n) is 8.09. The van der Waals surface area contributed by atoms with Gasteiger partial charge in [0.2, 0.25) is 0 Å². The van der Waals surface area contributed by atoms with Gasteiger partial charge >= 0.3 is 5.97 Å². The number of aliphatic hydroxyl groups excluding tert-OH is 1. The number of H-pyrrole nitrogens is 1. The first-order chi connectivity index (χ1) is 12.0. The lowest BCUT2D eigenvalue weighted by Crippen LogP contribution is -2.44. The Labute approximate surface area is 143 Å². The highest BCUT2D eigenvalue weighted by molar-refractivity contribution is 5.87. The Morgan fingerprint density at radius 1 is 1.08 bits per heavy atom. The SMILES string of the molecule is O=C(O)[C@@H]1Cc2c([nH]c3ccccc23)[C@H](c2ccc(C(O)O)cc2)N1. The quantitative estimate of drug-likeness (QED) is 0.469. The molecule has 1 aliphatic heterocycles. The number of para-hydroxylation sites is 1. The zero-order chi connectivity index (χ0) is 17.6. The Kier molecular flexibility index (Phi) is 3.80. The van der Waals surface area contributed by atoms with Crippen LogP contribution in [0.1, 0.15) is 34.7 Å². The van der Waals surface area contributed by atoms with E-state index >= 15 is 0 Å². The zero-order valence-corrected chi connectivity index (χ0v) is 13.3. The normalized spacial score (nSPS) is 20.0. The van der Waals surface area contributed by atoms with E-state index in [1.165, 1.54) is 0 Å². The number of carboxylic acid groups (broad SMARTS) is 1. The average molecular weight is 338 g/mol. The summed E-state index contributed by atoms with van der Waals surface area (Å²) in [6.07, 6.45) is -1.11. The lowest BCUT2D eigenvalue weighted by atomic mass is 9.90. The van der Waals surface area contributed by atoms with Crippen molar-refractivity contribution in [2.45, 2.75) is 24.8 Å². The smallest absolute Gasteiger partial charge is 0.321 e. The van der Waals surface area contributed by atoms with E-state index in [9.17, 15) is 20.1 Å². The molecule has 0 saturated carbocycles. The third-order valence-corrected chi connectivity index (χ3v) is 4.78. The number of aliphatic hydroxyl groups is 2. The van der Waals surface area contributed by atoms with Gasteiger partial charge in [-0.05, 0) is 17.2 Å². The van der Waals surface area contributed by atoms with E-state index < -0.39 is 18.3 Å². The van der Waals surface area contributed by atoms with Crippen LogP contribution in [-0.2, 0) is 11.2 Å². The first kappa shape index (κ1) is 15.8. The molecule has 2 atom stereocenters. The van der Waals surface area contributed by atoms with E-state index in [0.717, 1.165) is 27.7 Å². The molecule has 2 aromatic carbocycles. The molecule has 0 amide bonds. The molecule has 1 aromatic heterocycles. The number of carboxylic acids is 1. The van der Waals surface area contributed by atoms with Gasteiger partial charge in [-0.3, -0.25) is 10.1 Å². The largest absolute Gasteiger partial charge is 0.480 e. The molecule has 0 unspecified atom stereocenters. The summed E-state index contributed by atoms with van der Waals surface area (Å²) in [6.45, 7) is 0. The number of nitrogens with one attached hydrogen (secondary N) is 2. The number of fused-ring (bicyclic) bond motifs is 3. The topological polar surface area (TPSA) is 106 Å². The van der Waals surface area contributed by atoms with Crippen LogP contribution >= 0.6 is 0 Å². The second-order valence-corrected chi connectivity index (χ2v) is 6.30. The lowest BCUT2D eigenvalue weighted by Gasteiger charge is -2.29. The summed E-state index contributed by atoms with van der Waals surface area (Å²) in [5, 5.41) is 32.2. The third-order valence-electron chi connectivity index (χ3n) is 4.78. The van der Waals surface area contributed by atoms with Crippen molar-refractivity contribution in [2.75, 3.05) is 0 Å². The van der Waals surface area contributed by atoms with Crippen molar-refractivity contribution in [3.8, 4) is 0 Å². The molecule has 0 fully saturated rings. The van der Waals surface area contributed by atoms with Crippen molar-refractivity contribution < 1.29 is 20.1 Å². The summed E-state index contributed by atoms with van der Waals surface area (Å²) in [4.78, 5) is 15.0. The van der Waals surface area contributed by atoms with Gasteiger partial charge in [-0.15, -0.1) is 0 Å². The van der Waals surface area contributed by atoms with Crippen molar-refractivity contribution in [1.82, 2.24) is 10.3 Å². The Morgan fingerprint density at radius 2 is 1.80 bits per heavy atom. The Bertz CT molecular complexity index is 930. The summed E-state index contributed by atoms with van der Waals surface area (Å²) < 4.78 is 0. The maximum absolute atomic E-state index is 11.6. The minimum atomic E-state index is -1.52. The van der Waals surface area contributed by atoms with Crippen molar-refractivity contribution in [3.05, 3.63) is 70.9 Å². The Morgan fingerprint density at radius 3 is 2.48 bits per heavy atom. The van der Waals surface area contributed by atoms with Crippen LogP contribution in [0.5, 0.6) is 0 Å². The molecule has 2 heterocycles. The number of benzene rings is 2. The van der Waals surface area contributed by atoms with Gasteiger partial charge in [-0.2, -0.15) is 0 Å². The number of aliphatic carboxylic acids is 1. The van der Waals surface area contributed by atoms with Crippen molar-refractivity contribution in [1.29, 1.82) is 0 Å². The summed E-state index contributed by atoms with van der Waals surface area (Å²) in [6, 6.07) is 13.7. The summed E-state index contributed by atoms with van der Waals surface area (Å²) >= 11 is 0. The van der Waals surface area contributed by atoms with Crippen molar-refractivity contribution in [3.63, 3.8) is 0 Å². The molecule has 0 spiro atoms. The number of aromatic amines is 1. The van der Waals surface area contributed by atoms with Crippen LogP contribution in [0.4, 0.5) is 0 Å². The average Bonchev–Trinajstić information content (AvgIpc) is 2.99. The number of hydrogen-bond donors (Lipinski definition) is 5. The minimum absolute atomic E-state index is 0.304. The van der Waals surface area contributed by atoms with Crippen LogP contribution in [0.25, 0.3) is 10.9 Å². The number of carbonyl (C=O) groups is 1. The van der Waals surface area contributed by atoms with Gasteiger partial charge in [0.25, 0.3) is 0 Å². The van der Waals surface area contributed by atoms with Crippen LogP contribution in [-0.4, -0.2) is 32.3 Å². The second-order valence-electron chi connectivity index (χ2n) is 6.30. The minimum Gasteiger partial charge on any atom is -0.480 e. The summed E-state index contributed by atoms with van der Waals surface area (Å²) in [5.41, 5.74) is 4.20. The van der Waals surface area contributed by atoms with Crippen LogP contribution in [0, 0.1) is 0 Å². The van der Waals surface area contributed by atoms with Gasteiger partial charge in [0.05, 0.1) is 6.04 Å². The molecule has 6 nitrogen and oxygen atoms in total. The third kappa shape index (κ3) is 2.70. The molecule has 6 heteroatoms. The second kappa shape index (κ2) is 6.00. The fourth-order valence-electron chi connectivity index (χ4n) is 3.52. The van der Waals surface area contributed by atoms with E-state index in [1.807, 2.05) is 24.3 Å². The van der Waals surface area contributed by atoms with Crippen LogP contribution in [0.3, 0.4) is 0 Å². The van der Waals surface area contributed by atoms with Gasteiger partial charge in [0.1, 0.15) is 6.04 Å². The van der Waals surface area contributed by atoms with E-state index in [-0.39, 0.29) is 6.04 Å². The van der Waals surface area contributed by atoms with Crippen LogP contribution in [0.2, 0.25) is 0 Å². The van der Waals surface area contributed by atoms with Crippen molar-refractivity contribution >= 4 is 16.9 Å². The molecule has 3 aromatic rings. The van der Waals surface area contributed by atoms with Gasteiger partial charge in [0, 0.05) is 28.6 Å². The molecule has 0 radical (unpaired) electrons. The van der Waals surface area contributed by atoms with Gasteiger partial charge in [0.15, 0.2) is 6.29 Å². The molecular weight excluding hydrogens is 320 g/mol. The van der Waals surface area contributed by atoms with Gasteiger partial charge in [-0.1, -0.05) is 42.5 Å². The summed E-state index contributed by atoms with van der Waals surface area (Å²) in [5.74, 6) is -0.886. The highest BCUT2D eigenvalue weighted by Crippen LogP contribution is 2.35. The maximum Gasteiger partial charge on any atom is 0.321 e. The molecule has 0 bridgehead atoms. The fraction of sp³-hybridized carbons (Fsp3) is 0.211. The fourth-order valence-corrected chi connectivity index (χ4v) is 3.52. The highest BCUT2D eigenvalue weighted by atomic mass is 16.5. The Balaban J connectivity index is 1.83. The number of aromatic nitrogens is 1. The molecule has 0 aliphatic carbocycles. The first-order valence-corrected chi connectivity index (χ1v) is 8.09. The molecule has 25 heavy (non-hydrogen) atoms. The van der Waals surface area contributed by atoms with Gasteiger partial charge in [-0.25, -0.2) is 0 Å². The molecule has 5 N–H and O–H groups in total. The highest BCUT2D eigenvalue weighted by Gasteiger charge is 2.33. The summed E-state index contributed by atoms with van der Waals surface area (Å²) in [7, 11) is 0. The van der Waals surface area contributed by atoms with E-state index in [2.05, 4.69) is 10.3 Å². The predicted octanol–water partition coefficient (Wildman–Crippen LogP) is 1.84. The van der Waals surface area contributed by atoms with E-state index in [0.29, 0.717) is 12.0 Å². The number of hydrogen-bond acceptors (Lipinski definition) is 4. The molecule has 128 valence electrons. The van der Waals surface area contributed by atoms with Gasteiger partial charge < -0.3 is 20.3 Å². The predicted molar refractivity (Wildman–Crippen MR) is 92.0 cm³/mol. The maximum atomic E-state index is 11.6. The molecule has 4 rings (SSSR count). The standard InChI is InChI=1S/C19H18N2O4/c22-18(23)11-7-5-10(6-8-11)16-17-13(9-15(21-16)19(24)25)12-3-1-2-4-14(12)20-17/h1-8,15-16,18,20-23H,9H2,(H,24,25)/t15-,16-/m0/s1. The Hall–Kier alpha value is -2.67.